The summed E-state index contributed by atoms with van der Waals surface area (Å²) < 4.78 is 2.01. The Hall–Kier alpha value is -2.00. The average Bonchev–Trinajstić information content (AvgIpc) is 3.33. The van der Waals surface area contributed by atoms with E-state index in [0.717, 1.165) is 25.1 Å². The van der Waals surface area contributed by atoms with Crippen molar-refractivity contribution in [1.82, 2.24) is 15.2 Å². The number of hydrogen-bond donors (Lipinski definition) is 1. The summed E-state index contributed by atoms with van der Waals surface area (Å²) in [5, 5.41) is 12.8. The summed E-state index contributed by atoms with van der Waals surface area (Å²) >= 11 is 10.3. The van der Waals surface area contributed by atoms with Gasteiger partial charge in [0.05, 0.1) is 15.5 Å². The summed E-state index contributed by atoms with van der Waals surface area (Å²) in [7, 11) is 0. The van der Waals surface area contributed by atoms with E-state index in [-0.39, 0.29) is 11.2 Å². The summed E-state index contributed by atoms with van der Waals surface area (Å²) in [4.78, 5) is 17.3. The fourth-order valence-corrected chi connectivity index (χ4v) is 5.63. The monoisotopic (exact) mass is 446 g/mol. The SMILES string of the molecule is CCC(Sc1nc2ccccc2s1)C(=O)Nc1nnc(-c2ccc(Cl)cc2)s1. The lowest BCUT2D eigenvalue weighted by Gasteiger charge is -2.11. The molecule has 28 heavy (non-hydrogen) atoms. The second-order valence-electron chi connectivity index (χ2n) is 5.87. The van der Waals surface area contributed by atoms with Crippen molar-refractivity contribution >= 4 is 67.3 Å². The van der Waals surface area contributed by atoms with Crippen molar-refractivity contribution < 1.29 is 4.79 Å². The topological polar surface area (TPSA) is 67.8 Å². The number of anilines is 1. The van der Waals surface area contributed by atoms with Crippen molar-refractivity contribution in [2.75, 3.05) is 5.32 Å². The van der Waals surface area contributed by atoms with Crippen LogP contribution in [-0.4, -0.2) is 26.3 Å². The van der Waals surface area contributed by atoms with E-state index in [1.165, 1.54) is 23.1 Å². The van der Waals surface area contributed by atoms with Crippen LogP contribution in [0.5, 0.6) is 0 Å². The number of nitrogens with one attached hydrogen (secondary N) is 1. The van der Waals surface area contributed by atoms with Gasteiger partial charge in [0.2, 0.25) is 11.0 Å². The zero-order valence-electron chi connectivity index (χ0n) is 14.8. The molecule has 0 saturated heterocycles. The minimum absolute atomic E-state index is 0.0921. The molecule has 0 aliphatic heterocycles. The maximum Gasteiger partial charge on any atom is 0.239 e. The molecule has 9 heteroatoms. The van der Waals surface area contributed by atoms with E-state index < -0.39 is 0 Å². The molecule has 5 nitrogen and oxygen atoms in total. The zero-order chi connectivity index (χ0) is 19.5. The minimum Gasteiger partial charge on any atom is -0.300 e. The van der Waals surface area contributed by atoms with E-state index in [9.17, 15) is 4.79 Å². The summed E-state index contributed by atoms with van der Waals surface area (Å²) in [5.74, 6) is -0.0921. The van der Waals surface area contributed by atoms with Crippen LogP contribution in [0.4, 0.5) is 5.13 Å². The first-order valence-corrected chi connectivity index (χ1v) is 11.4. The van der Waals surface area contributed by atoms with Crippen molar-refractivity contribution in [3.63, 3.8) is 0 Å². The van der Waals surface area contributed by atoms with E-state index >= 15 is 0 Å². The molecule has 4 aromatic rings. The average molecular weight is 447 g/mol. The third-order valence-electron chi connectivity index (χ3n) is 3.93. The van der Waals surface area contributed by atoms with Crippen molar-refractivity contribution in [3.05, 3.63) is 53.6 Å². The fraction of sp³-hybridized carbons (Fsp3) is 0.158. The molecular weight excluding hydrogens is 432 g/mol. The highest BCUT2D eigenvalue weighted by atomic mass is 35.5. The Balaban J connectivity index is 1.45. The predicted octanol–water partition coefficient (Wildman–Crippen LogP) is 5.98. The number of thiazole rings is 1. The van der Waals surface area contributed by atoms with Gasteiger partial charge in [0.15, 0.2) is 4.34 Å². The smallest absolute Gasteiger partial charge is 0.239 e. The van der Waals surface area contributed by atoms with Crippen LogP contribution in [0, 0.1) is 0 Å². The number of thioether (sulfide) groups is 1. The van der Waals surface area contributed by atoms with Crippen molar-refractivity contribution in [2.24, 2.45) is 0 Å². The number of hydrogen-bond acceptors (Lipinski definition) is 7. The quantitative estimate of drug-likeness (QED) is 0.369. The van der Waals surface area contributed by atoms with E-state index in [2.05, 4.69) is 20.5 Å². The standard InChI is InChI=1S/C19H15ClN4OS3/c1-2-14(26-19-21-13-5-3-4-6-15(13)27-19)16(25)22-18-24-23-17(28-18)11-7-9-12(20)10-8-11/h3-10,14H,2H2,1H3,(H,22,24,25). The summed E-state index contributed by atoms with van der Waals surface area (Å²) in [6.07, 6.45) is 0.690. The van der Waals surface area contributed by atoms with Gasteiger partial charge in [-0.15, -0.1) is 21.5 Å². The predicted molar refractivity (Wildman–Crippen MR) is 119 cm³/mol. The van der Waals surface area contributed by atoms with Gasteiger partial charge in [-0.25, -0.2) is 4.98 Å². The van der Waals surface area contributed by atoms with Crippen LogP contribution in [0.25, 0.3) is 20.8 Å². The van der Waals surface area contributed by atoms with Crippen LogP contribution in [0.1, 0.15) is 13.3 Å². The number of carbonyl (C=O) groups excluding carboxylic acids is 1. The molecule has 0 aliphatic carbocycles. The maximum absolute atomic E-state index is 12.7. The Morgan fingerprint density at radius 2 is 1.93 bits per heavy atom. The lowest BCUT2D eigenvalue weighted by Crippen LogP contribution is -2.24. The van der Waals surface area contributed by atoms with Crippen LogP contribution < -0.4 is 5.32 Å². The van der Waals surface area contributed by atoms with Gasteiger partial charge in [-0.2, -0.15) is 0 Å². The molecule has 4 rings (SSSR count). The van der Waals surface area contributed by atoms with Crippen molar-refractivity contribution in [2.45, 2.75) is 22.9 Å². The lowest BCUT2D eigenvalue weighted by molar-refractivity contribution is -0.115. The van der Waals surface area contributed by atoms with Gasteiger partial charge in [-0.1, -0.05) is 65.9 Å². The Morgan fingerprint density at radius 1 is 1.14 bits per heavy atom. The molecule has 0 radical (unpaired) electrons. The van der Waals surface area contributed by atoms with E-state index in [4.69, 9.17) is 11.6 Å². The van der Waals surface area contributed by atoms with E-state index in [1.807, 2.05) is 43.3 Å². The van der Waals surface area contributed by atoms with Gasteiger partial charge >= 0.3 is 0 Å². The molecule has 2 heterocycles. The number of amides is 1. The van der Waals surface area contributed by atoms with Gasteiger partial charge in [0.1, 0.15) is 5.01 Å². The molecule has 0 fully saturated rings. The first kappa shape index (κ1) is 19.3. The van der Waals surface area contributed by atoms with Crippen LogP contribution in [0.3, 0.4) is 0 Å². The van der Waals surface area contributed by atoms with Gasteiger partial charge in [-0.05, 0) is 30.7 Å². The number of rotatable bonds is 6. The normalized spacial score (nSPS) is 12.2. The highest BCUT2D eigenvalue weighted by molar-refractivity contribution is 8.02. The summed E-state index contributed by atoms with van der Waals surface area (Å²) in [5.41, 5.74) is 1.88. The molecule has 2 aromatic heterocycles. The number of aromatic nitrogens is 3. The number of nitrogens with zero attached hydrogens (tertiary/aromatic N) is 3. The first-order chi connectivity index (χ1) is 13.6. The number of benzene rings is 2. The van der Waals surface area contributed by atoms with Crippen molar-refractivity contribution in [3.8, 4) is 10.6 Å². The zero-order valence-corrected chi connectivity index (χ0v) is 18.0. The lowest BCUT2D eigenvalue weighted by atomic mass is 10.2. The Bertz CT molecular complexity index is 1080. The number of para-hydroxylation sites is 1. The molecule has 2 aromatic carbocycles. The first-order valence-electron chi connectivity index (χ1n) is 8.55. The molecular formula is C19H15ClN4OS3. The maximum atomic E-state index is 12.7. The van der Waals surface area contributed by atoms with Crippen molar-refractivity contribution in [1.29, 1.82) is 0 Å². The summed E-state index contributed by atoms with van der Waals surface area (Å²) in [6.45, 7) is 1.99. The molecule has 1 atom stereocenters. The second kappa shape index (κ2) is 8.57. The van der Waals surface area contributed by atoms with Gasteiger partial charge in [0.25, 0.3) is 0 Å². The van der Waals surface area contributed by atoms with Crippen LogP contribution in [0.2, 0.25) is 5.02 Å². The molecule has 0 spiro atoms. The third-order valence-corrected chi connectivity index (χ3v) is 7.56. The highest BCUT2D eigenvalue weighted by Gasteiger charge is 2.21. The molecule has 1 N–H and O–H groups in total. The number of halogens is 1. The van der Waals surface area contributed by atoms with Crippen LogP contribution in [-0.2, 0) is 4.79 Å². The van der Waals surface area contributed by atoms with Crippen LogP contribution in [0.15, 0.2) is 52.9 Å². The highest BCUT2D eigenvalue weighted by Crippen LogP contribution is 2.34. The Labute approximate surface area is 179 Å². The van der Waals surface area contributed by atoms with E-state index in [1.54, 1.807) is 23.5 Å². The summed E-state index contributed by atoms with van der Waals surface area (Å²) in [6, 6.07) is 15.4. The third kappa shape index (κ3) is 4.35. The molecule has 1 unspecified atom stereocenters. The largest absolute Gasteiger partial charge is 0.300 e. The fourth-order valence-electron chi connectivity index (χ4n) is 2.51. The number of carbonyl (C=O) groups is 1. The minimum atomic E-state index is -0.247. The van der Waals surface area contributed by atoms with Gasteiger partial charge in [0, 0.05) is 10.6 Å². The molecule has 0 bridgehead atoms. The van der Waals surface area contributed by atoms with Gasteiger partial charge in [-0.3, -0.25) is 10.1 Å². The molecule has 142 valence electrons. The molecule has 0 aliphatic rings. The van der Waals surface area contributed by atoms with Gasteiger partial charge < -0.3 is 0 Å². The molecule has 1 amide bonds. The number of fused-ring (bicyclic) bond motifs is 1. The molecule has 0 saturated carbocycles. The Kier molecular flexibility index (Phi) is 5.91. The van der Waals surface area contributed by atoms with E-state index in [0.29, 0.717) is 16.6 Å². The van der Waals surface area contributed by atoms with Crippen LogP contribution >= 0.6 is 46.0 Å². The Morgan fingerprint density at radius 3 is 2.68 bits per heavy atom. The second-order valence-corrected chi connectivity index (χ2v) is 9.77.